The monoisotopic (exact) mass is 188 g/mol. The third-order valence-electron chi connectivity index (χ3n) is 2.37. The third kappa shape index (κ3) is 0.863. The third-order valence-corrected chi connectivity index (χ3v) is 2.37. The first kappa shape index (κ1) is 7.49. The Bertz CT molecular complexity index is 517. The molecule has 0 spiro atoms. The Morgan fingerprint density at radius 3 is 3.29 bits per heavy atom. The van der Waals surface area contributed by atoms with Gasteiger partial charge in [0, 0.05) is 19.2 Å². The van der Waals surface area contributed by atoms with Crippen LogP contribution in [0, 0.1) is 0 Å². The summed E-state index contributed by atoms with van der Waals surface area (Å²) >= 11 is 0. The minimum Gasteiger partial charge on any atom is -0.368 e. The van der Waals surface area contributed by atoms with Crippen LogP contribution in [0.3, 0.4) is 0 Å². The van der Waals surface area contributed by atoms with Crippen molar-refractivity contribution < 1.29 is 4.79 Å². The highest BCUT2D eigenvalue weighted by molar-refractivity contribution is 5.97. The van der Waals surface area contributed by atoms with Gasteiger partial charge in [-0.2, -0.15) is 0 Å². The molecule has 3 rings (SSSR count). The molecule has 0 fully saturated rings. The van der Waals surface area contributed by atoms with Crippen molar-refractivity contribution in [3.8, 4) is 0 Å². The fraction of sp³-hybridized carbons (Fsp3) is 0.222. The average molecular weight is 188 g/mol. The number of hydrogen-bond donors (Lipinski definition) is 1. The van der Waals surface area contributed by atoms with E-state index in [1.54, 1.807) is 10.8 Å². The molecule has 1 N–H and O–H groups in total. The van der Waals surface area contributed by atoms with Crippen LogP contribution in [0.5, 0.6) is 0 Å². The quantitative estimate of drug-likeness (QED) is 0.666. The van der Waals surface area contributed by atoms with Crippen LogP contribution in [0.15, 0.2) is 18.6 Å². The molecule has 2 aromatic heterocycles. The van der Waals surface area contributed by atoms with Gasteiger partial charge < -0.3 is 5.32 Å². The standard InChI is InChI=1S/C9H8N4O/c14-7-1-3-10-9-8-6(11-5-12-9)2-4-13(7)8/h2,4-5H,1,3H2,(H,10,11,12). The number of hydrogen-bond acceptors (Lipinski definition) is 4. The summed E-state index contributed by atoms with van der Waals surface area (Å²) in [5, 5.41) is 3.11. The van der Waals surface area contributed by atoms with Crippen LogP contribution in [-0.2, 0) is 0 Å². The van der Waals surface area contributed by atoms with E-state index in [0.717, 1.165) is 16.9 Å². The van der Waals surface area contributed by atoms with Crippen molar-refractivity contribution in [2.24, 2.45) is 0 Å². The SMILES string of the molecule is O=C1CCNc2ncnc3ccn1c23. The predicted molar refractivity (Wildman–Crippen MR) is 51.3 cm³/mol. The molecule has 0 unspecified atom stereocenters. The van der Waals surface area contributed by atoms with Gasteiger partial charge >= 0.3 is 0 Å². The molecule has 70 valence electrons. The number of anilines is 1. The summed E-state index contributed by atoms with van der Waals surface area (Å²) in [5.41, 5.74) is 1.59. The maximum Gasteiger partial charge on any atom is 0.233 e. The van der Waals surface area contributed by atoms with Crippen LogP contribution in [-0.4, -0.2) is 27.0 Å². The summed E-state index contributed by atoms with van der Waals surface area (Å²) in [5.74, 6) is 0.826. The molecule has 0 radical (unpaired) electrons. The lowest BCUT2D eigenvalue weighted by Gasteiger charge is -2.01. The molecule has 0 aliphatic carbocycles. The summed E-state index contributed by atoms with van der Waals surface area (Å²) in [7, 11) is 0. The van der Waals surface area contributed by atoms with Crippen LogP contribution >= 0.6 is 0 Å². The summed E-state index contributed by atoms with van der Waals surface area (Å²) in [6.45, 7) is 0.632. The number of nitrogens with one attached hydrogen (secondary N) is 1. The predicted octanol–water partition coefficient (Wildman–Crippen LogP) is 0.887. The Kier molecular flexibility index (Phi) is 1.36. The molecular weight excluding hydrogens is 180 g/mol. The summed E-state index contributed by atoms with van der Waals surface area (Å²) < 4.78 is 1.62. The van der Waals surface area contributed by atoms with E-state index in [9.17, 15) is 4.79 Å². The first-order chi connectivity index (χ1) is 6.86. The van der Waals surface area contributed by atoms with Crippen molar-refractivity contribution in [1.29, 1.82) is 0 Å². The maximum absolute atomic E-state index is 11.6. The maximum atomic E-state index is 11.6. The number of carbonyl (C=O) groups is 1. The first-order valence-electron chi connectivity index (χ1n) is 4.45. The van der Waals surface area contributed by atoms with Gasteiger partial charge in [-0.25, -0.2) is 9.97 Å². The lowest BCUT2D eigenvalue weighted by molar-refractivity contribution is 0.0914. The Morgan fingerprint density at radius 2 is 2.36 bits per heavy atom. The molecule has 2 aromatic rings. The second kappa shape index (κ2) is 2.54. The van der Waals surface area contributed by atoms with E-state index in [0.29, 0.717) is 13.0 Å². The molecule has 1 aliphatic rings. The molecule has 0 saturated carbocycles. The lowest BCUT2D eigenvalue weighted by atomic mass is 10.4. The second-order valence-electron chi connectivity index (χ2n) is 3.21. The van der Waals surface area contributed by atoms with Crippen LogP contribution in [0.2, 0.25) is 0 Å². The van der Waals surface area contributed by atoms with Gasteiger partial charge in [-0.05, 0) is 6.07 Å². The topological polar surface area (TPSA) is 59.8 Å². The van der Waals surface area contributed by atoms with Gasteiger partial charge in [0.25, 0.3) is 0 Å². The minimum atomic E-state index is 0.0843. The molecule has 5 nitrogen and oxygen atoms in total. The Balaban J connectivity index is 2.43. The van der Waals surface area contributed by atoms with Gasteiger partial charge in [0.05, 0.1) is 5.52 Å². The smallest absolute Gasteiger partial charge is 0.233 e. The fourth-order valence-corrected chi connectivity index (χ4v) is 1.72. The van der Waals surface area contributed by atoms with Gasteiger partial charge in [-0.15, -0.1) is 0 Å². The molecule has 0 bridgehead atoms. The van der Waals surface area contributed by atoms with Gasteiger partial charge in [0.2, 0.25) is 5.91 Å². The van der Waals surface area contributed by atoms with Crippen molar-refractivity contribution in [3.63, 3.8) is 0 Å². The number of aromatic nitrogens is 3. The van der Waals surface area contributed by atoms with Crippen LogP contribution in [0.25, 0.3) is 11.0 Å². The highest BCUT2D eigenvalue weighted by Crippen LogP contribution is 2.22. The summed E-state index contributed by atoms with van der Waals surface area (Å²) in [6.07, 6.45) is 3.74. The fourth-order valence-electron chi connectivity index (χ4n) is 1.72. The van der Waals surface area contributed by atoms with Crippen LogP contribution in [0.1, 0.15) is 11.2 Å². The molecule has 3 heterocycles. The molecule has 0 atom stereocenters. The Hall–Kier alpha value is -1.91. The largest absolute Gasteiger partial charge is 0.368 e. The zero-order valence-corrected chi connectivity index (χ0v) is 7.40. The van der Waals surface area contributed by atoms with Crippen LogP contribution in [0.4, 0.5) is 5.82 Å². The normalized spacial score (nSPS) is 15.3. The van der Waals surface area contributed by atoms with Gasteiger partial charge in [0.15, 0.2) is 5.82 Å². The molecule has 1 aliphatic heterocycles. The number of nitrogens with zero attached hydrogens (tertiary/aromatic N) is 3. The number of rotatable bonds is 0. The number of carbonyl (C=O) groups excluding carboxylic acids is 1. The molecule has 5 heteroatoms. The molecule has 0 amide bonds. The second-order valence-corrected chi connectivity index (χ2v) is 3.21. The zero-order chi connectivity index (χ0) is 9.54. The molecule has 0 saturated heterocycles. The van der Waals surface area contributed by atoms with Crippen molar-refractivity contribution in [3.05, 3.63) is 18.6 Å². The van der Waals surface area contributed by atoms with Gasteiger partial charge in [-0.3, -0.25) is 9.36 Å². The van der Waals surface area contributed by atoms with Crippen molar-refractivity contribution in [1.82, 2.24) is 14.5 Å². The van der Waals surface area contributed by atoms with E-state index >= 15 is 0 Å². The molecule has 0 aromatic carbocycles. The van der Waals surface area contributed by atoms with E-state index in [1.165, 1.54) is 6.33 Å². The van der Waals surface area contributed by atoms with Crippen molar-refractivity contribution in [2.45, 2.75) is 6.42 Å². The minimum absolute atomic E-state index is 0.0843. The van der Waals surface area contributed by atoms with Crippen molar-refractivity contribution in [2.75, 3.05) is 11.9 Å². The Labute approximate surface area is 79.8 Å². The summed E-state index contributed by atoms with van der Waals surface area (Å²) in [6, 6.07) is 1.82. The van der Waals surface area contributed by atoms with Gasteiger partial charge in [0.1, 0.15) is 11.8 Å². The molecular formula is C9H8N4O. The Morgan fingerprint density at radius 1 is 1.43 bits per heavy atom. The van der Waals surface area contributed by atoms with E-state index < -0.39 is 0 Å². The zero-order valence-electron chi connectivity index (χ0n) is 7.40. The van der Waals surface area contributed by atoms with Crippen molar-refractivity contribution >= 4 is 22.8 Å². The van der Waals surface area contributed by atoms with Gasteiger partial charge in [-0.1, -0.05) is 0 Å². The van der Waals surface area contributed by atoms with E-state index in [1.807, 2.05) is 6.07 Å². The van der Waals surface area contributed by atoms with E-state index in [-0.39, 0.29) is 5.91 Å². The summed E-state index contributed by atoms with van der Waals surface area (Å²) in [4.78, 5) is 19.8. The highest BCUT2D eigenvalue weighted by atomic mass is 16.2. The van der Waals surface area contributed by atoms with Crippen LogP contribution < -0.4 is 5.32 Å². The lowest BCUT2D eigenvalue weighted by Crippen LogP contribution is -2.09. The highest BCUT2D eigenvalue weighted by Gasteiger charge is 2.17. The van der Waals surface area contributed by atoms with E-state index in [4.69, 9.17) is 0 Å². The molecule has 14 heavy (non-hydrogen) atoms. The average Bonchev–Trinajstić information content (AvgIpc) is 2.54. The first-order valence-corrected chi connectivity index (χ1v) is 4.45. The van der Waals surface area contributed by atoms with E-state index in [2.05, 4.69) is 15.3 Å².